The summed E-state index contributed by atoms with van der Waals surface area (Å²) in [7, 11) is 1.53. The number of aromatic nitrogens is 5. The smallest absolute Gasteiger partial charge is 0.475 e. The molecule has 4 aromatic rings. The minimum Gasteiger partial charge on any atom is -0.475 e. The number of carboxylic acids is 1. The summed E-state index contributed by atoms with van der Waals surface area (Å²) in [6, 6.07) is 4.84. The molecular formula is C26H25Cl2F3N8O6. The monoisotopic (exact) mass is 672 g/mol. The largest absolute Gasteiger partial charge is 0.490 e. The van der Waals surface area contributed by atoms with Crippen LogP contribution in [0.25, 0.3) is 11.2 Å². The van der Waals surface area contributed by atoms with Crippen molar-refractivity contribution in [3.8, 4) is 0 Å². The number of halogens is 5. The average Bonchev–Trinajstić information content (AvgIpc) is 3.77. The van der Waals surface area contributed by atoms with Gasteiger partial charge in [-0.1, -0.05) is 23.2 Å². The number of fused-ring (bicyclic) bond motifs is 2. The summed E-state index contributed by atoms with van der Waals surface area (Å²) in [5, 5.41) is 13.8. The second-order valence-electron chi connectivity index (χ2n) is 10.3. The number of imidazole rings is 1. The molecule has 0 saturated carbocycles. The molecular weight excluding hydrogens is 648 g/mol. The predicted octanol–water partition coefficient (Wildman–Crippen LogP) is 2.31. The van der Waals surface area contributed by atoms with Gasteiger partial charge < -0.3 is 25.1 Å². The number of nitrogens with zero attached hydrogens (tertiary/aromatic N) is 6. The van der Waals surface area contributed by atoms with E-state index in [1.165, 1.54) is 30.1 Å². The van der Waals surface area contributed by atoms with Gasteiger partial charge in [0.25, 0.3) is 5.56 Å². The van der Waals surface area contributed by atoms with E-state index in [1.807, 2.05) is 0 Å². The fourth-order valence-corrected chi connectivity index (χ4v) is 5.81. The van der Waals surface area contributed by atoms with Gasteiger partial charge >= 0.3 is 17.8 Å². The molecule has 1 aromatic carbocycles. The first-order valence-corrected chi connectivity index (χ1v) is 14.1. The summed E-state index contributed by atoms with van der Waals surface area (Å²) in [5.41, 5.74) is -0.558. The number of aliphatic carboxylic acids is 1. The molecule has 0 bridgehead atoms. The number of amides is 1. The summed E-state index contributed by atoms with van der Waals surface area (Å²) >= 11 is 12.1. The van der Waals surface area contributed by atoms with Gasteiger partial charge in [0.1, 0.15) is 19.4 Å². The number of alkyl halides is 3. The van der Waals surface area contributed by atoms with E-state index in [1.54, 1.807) is 16.7 Å². The Hall–Kier alpha value is -4.35. The Morgan fingerprint density at radius 2 is 1.93 bits per heavy atom. The molecule has 45 heavy (non-hydrogen) atoms. The molecule has 1 amide bonds. The summed E-state index contributed by atoms with van der Waals surface area (Å²) in [5.74, 6) is -1.91. The van der Waals surface area contributed by atoms with E-state index in [4.69, 9.17) is 42.5 Å². The van der Waals surface area contributed by atoms with E-state index >= 15 is 0 Å². The van der Waals surface area contributed by atoms with E-state index in [-0.39, 0.29) is 28.8 Å². The SMILES string of the molecule is Cn1c(=O)n(CC(=O)Nc2ccc(Cl)cc2Cl)c(=O)c2c1nc(N1CCC3CNCC31)n2Cc1ncco1.O=C(O)C(F)(F)F. The zero-order chi connectivity index (χ0) is 32.6. The lowest BCUT2D eigenvalue weighted by molar-refractivity contribution is -0.192. The minimum absolute atomic E-state index is 0.139. The van der Waals surface area contributed by atoms with Crippen molar-refractivity contribution in [3.05, 3.63) is 67.4 Å². The quantitative estimate of drug-likeness (QED) is 0.276. The molecule has 2 atom stereocenters. The molecule has 0 aliphatic carbocycles. The highest BCUT2D eigenvalue weighted by Crippen LogP contribution is 2.33. The second kappa shape index (κ2) is 12.6. The van der Waals surface area contributed by atoms with Crippen LogP contribution in [0, 0.1) is 5.92 Å². The van der Waals surface area contributed by atoms with Crippen LogP contribution in [0.1, 0.15) is 12.3 Å². The molecule has 14 nitrogen and oxygen atoms in total. The molecule has 2 aliphatic rings. The van der Waals surface area contributed by atoms with Crippen molar-refractivity contribution in [1.29, 1.82) is 0 Å². The molecule has 5 heterocycles. The number of hydrogen-bond donors (Lipinski definition) is 3. The molecule has 2 fully saturated rings. The van der Waals surface area contributed by atoms with Crippen molar-refractivity contribution >= 4 is 57.9 Å². The maximum absolute atomic E-state index is 13.8. The van der Waals surface area contributed by atoms with E-state index in [2.05, 4.69) is 20.5 Å². The van der Waals surface area contributed by atoms with Crippen LogP contribution in [0.15, 0.2) is 44.7 Å². The van der Waals surface area contributed by atoms with Crippen LogP contribution in [0.3, 0.4) is 0 Å². The Bertz CT molecular complexity index is 1870. The number of anilines is 2. The number of aryl methyl sites for hydroxylation is 1. The third-order valence-electron chi connectivity index (χ3n) is 7.44. The molecule has 3 N–H and O–H groups in total. The molecule has 3 aromatic heterocycles. The number of carbonyl (C=O) groups is 2. The molecule has 0 radical (unpaired) electrons. The van der Waals surface area contributed by atoms with Crippen molar-refractivity contribution in [3.63, 3.8) is 0 Å². The van der Waals surface area contributed by atoms with E-state index < -0.39 is 35.8 Å². The molecule has 0 spiro atoms. The van der Waals surface area contributed by atoms with E-state index in [0.717, 1.165) is 30.6 Å². The Morgan fingerprint density at radius 1 is 1.20 bits per heavy atom. The number of nitrogens with one attached hydrogen (secondary N) is 2. The highest BCUT2D eigenvalue weighted by Gasteiger charge is 2.40. The highest BCUT2D eigenvalue weighted by molar-refractivity contribution is 6.36. The van der Waals surface area contributed by atoms with Gasteiger partial charge in [0.05, 0.1) is 16.9 Å². The van der Waals surface area contributed by atoms with Crippen LogP contribution in [0.4, 0.5) is 24.8 Å². The van der Waals surface area contributed by atoms with Crippen molar-refractivity contribution in [2.45, 2.75) is 31.7 Å². The Labute approximate surface area is 261 Å². The van der Waals surface area contributed by atoms with Crippen molar-refractivity contribution in [2.75, 3.05) is 29.9 Å². The number of rotatable bonds is 6. The fourth-order valence-electron chi connectivity index (χ4n) is 5.36. The van der Waals surface area contributed by atoms with Crippen molar-refractivity contribution in [2.24, 2.45) is 13.0 Å². The number of oxazole rings is 1. The van der Waals surface area contributed by atoms with Gasteiger partial charge in [-0.2, -0.15) is 18.2 Å². The molecule has 240 valence electrons. The lowest BCUT2D eigenvalue weighted by Gasteiger charge is -2.25. The van der Waals surface area contributed by atoms with Gasteiger partial charge in [-0.15, -0.1) is 0 Å². The predicted molar refractivity (Wildman–Crippen MR) is 156 cm³/mol. The second-order valence-corrected chi connectivity index (χ2v) is 11.1. The molecule has 19 heteroatoms. The number of carboxylic acid groups (broad SMARTS) is 1. The topological polar surface area (TPSA) is 170 Å². The molecule has 2 aliphatic heterocycles. The summed E-state index contributed by atoms with van der Waals surface area (Å²) in [4.78, 5) is 60.0. The summed E-state index contributed by atoms with van der Waals surface area (Å²) in [6.45, 7) is 2.14. The van der Waals surface area contributed by atoms with Gasteiger partial charge in [-0.05, 0) is 30.5 Å². The van der Waals surface area contributed by atoms with Crippen LogP contribution >= 0.6 is 23.2 Å². The van der Waals surface area contributed by atoms with Gasteiger partial charge in [-0.3, -0.25) is 18.7 Å². The Kier molecular flexibility index (Phi) is 8.95. The van der Waals surface area contributed by atoms with Gasteiger partial charge in [0.2, 0.25) is 17.7 Å². The first kappa shape index (κ1) is 32.1. The maximum atomic E-state index is 13.8. The standard InChI is InChI=1S/C24H24Cl2N8O4.C2HF3O2/c1-31-21-20(22(36)34(24(31)37)11-18(35)29-16-3-2-14(25)8-15(16)26)33(12-19-28-5-7-38-19)23(30-21)32-6-4-13-9-27-10-17(13)32;3-2(4,5)1(6)7/h2-3,5,7-8,13,17,27H,4,6,9-12H2,1H3,(H,29,35);(H,6,7). The summed E-state index contributed by atoms with van der Waals surface area (Å²) < 4.78 is 41.1. The van der Waals surface area contributed by atoms with Crippen LogP contribution in [0.2, 0.25) is 10.0 Å². The van der Waals surface area contributed by atoms with Crippen LogP contribution in [-0.4, -0.2) is 72.5 Å². The zero-order valence-electron chi connectivity index (χ0n) is 23.3. The Morgan fingerprint density at radius 3 is 2.58 bits per heavy atom. The van der Waals surface area contributed by atoms with E-state index in [0.29, 0.717) is 28.5 Å². The minimum atomic E-state index is -5.08. The zero-order valence-corrected chi connectivity index (χ0v) is 24.9. The molecule has 2 unspecified atom stereocenters. The normalized spacial score (nSPS) is 17.7. The number of hydrogen-bond acceptors (Lipinski definition) is 9. The first-order chi connectivity index (χ1) is 21.3. The third kappa shape index (κ3) is 6.55. The maximum Gasteiger partial charge on any atom is 0.490 e. The lowest BCUT2D eigenvalue weighted by Crippen LogP contribution is -2.42. The summed E-state index contributed by atoms with van der Waals surface area (Å²) in [6.07, 6.45) is -1.10. The Balaban J connectivity index is 0.000000515. The van der Waals surface area contributed by atoms with Crippen molar-refractivity contribution < 1.29 is 32.3 Å². The van der Waals surface area contributed by atoms with Gasteiger partial charge in [0, 0.05) is 37.7 Å². The number of carbonyl (C=O) groups excluding carboxylic acids is 1. The van der Waals surface area contributed by atoms with Crippen LogP contribution < -0.4 is 26.8 Å². The van der Waals surface area contributed by atoms with Crippen LogP contribution in [0.5, 0.6) is 0 Å². The van der Waals surface area contributed by atoms with Gasteiger partial charge in [0.15, 0.2) is 11.2 Å². The molecule has 2 saturated heterocycles. The van der Waals surface area contributed by atoms with Crippen LogP contribution in [-0.2, 0) is 29.7 Å². The van der Waals surface area contributed by atoms with Crippen molar-refractivity contribution in [1.82, 2.24) is 29.0 Å². The molecule has 6 rings (SSSR count). The van der Waals surface area contributed by atoms with Gasteiger partial charge in [-0.25, -0.2) is 19.1 Å². The number of benzene rings is 1. The third-order valence-corrected chi connectivity index (χ3v) is 7.99. The lowest BCUT2D eigenvalue weighted by atomic mass is 10.1. The highest BCUT2D eigenvalue weighted by atomic mass is 35.5. The first-order valence-electron chi connectivity index (χ1n) is 13.4. The fraction of sp³-hybridized carbons (Fsp3) is 0.385. The van der Waals surface area contributed by atoms with E-state index in [9.17, 15) is 27.6 Å². The average molecular weight is 673 g/mol.